The van der Waals surface area contributed by atoms with Crippen molar-refractivity contribution in [3.8, 4) is 11.5 Å². The van der Waals surface area contributed by atoms with Crippen LogP contribution in [0.1, 0.15) is 17.2 Å². The number of carbonyl (C=O) groups excluding carboxylic acids is 2. The first-order chi connectivity index (χ1) is 19.9. The van der Waals surface area contributed by atoms with E-state index in [9.17, 15) is 14.0 Å². The van der Waals surface area contributed by atoms with Gasteiger partial charge in [-0.15, -0.1) is 5.10 Å². The first-order valence-electron chi connectivity index (χ1n) is 12.9. The van der Waals surface area contributed by atoms with Gasteiger partial charge < -0.3 is 19.7 Å². The van der Waals surface area contributed by atoms with Crippen molar-refractivity contribution in [2.75, 3.05) is 19.5 Å². The van der Waals surface area contributed by atoms with Crippen molar-refractivity contribution in [3.63, 3.8) is 0 Å². The Morgan fingerprint density at radius 2 is 1.51 bits per heavy atom. The van der Waals surface area contributed by atoms with E-state index in [0.717, 1.165) is 5.56 Å². The summed E-state index contributed by atoms with van der Waals surface area (Å²) in [5.41, 5.74) is 3.07. The molecule has 0 aliphatic heterocycles. The second-order valence-corrected chi connectivity index (χ2v) is 9.28. The molecule has 0 saturated heterocycles. The Bertz CT molecular complexity index is 1640. The van der Waals surface area contributed by atoms with Crippen LogP contribution in [0, 0.1) is 5.82 Å². The third kappa shape index (κ3) is 6.33. The Kier molecular flexibility index (Phi) is 8.19. The molecule has 1 heterocycles. The van der Waals surface area contributed by atoms with Crippen LogP contribution < -0.4 is 14.8 Å². The Morgan fingerprint density at radius 3 is 2.17 bits per heavy atom. The molecule has 0 aliphatic rings. The molecular weight excluding hydrogens is 525 g/mol. The lowest BCUT2D eigenvalue weighted by Crippen LogP contribution is -2.42. The van der Waals surface area contributed by atoms with E-state index >= 15 is 0 Å². The van der Waals surface area contributed by atoms with Gasteiger partial charge in [0.2, 0.25) is 5.91 Å². The number of carbonyl (C=O) groups is 2. The summed E-state index contributed by atoms with van der Waals surface area (Å²) in [6, 6.07) is 25.8. The second-order valence-electron chi connectivity index (χ2n) is 9.28. The Morgan fingerprint density at radius 1 is 0.878 bits per heavy atom. The Labute approximate surface area is 236 Å². The molecule has 0 aliphatic carbocycles. The van der Waals surface area contributed by atoms with Crippen LogP contribution in [0.25, 0.3) is 11.0 Å². The van der Waals surface area contributed by atoms with Gasteiger partial charge in [0.25, 0.3) is 5.91 Å². The number of para-hydroxylation sites is 1. The second kappa shape index (κ2) is 12.3. The molecule has 208 valence electrons. The number of aromatic nitrogens is 3. The highest BCUT2D eigenvalue weighted by atomic mass is 19.1. The van der Waals surface area contributed by atoms with E-state index in [1.165, 1.54) is 33.8 Å². The monoisotopic (exact) mass is 553 g/mol. The number of nitrogens with zero attached hydrogens (tertiary/aromatic N) is 4. The molecule has 1 aromatic heterocycles. The van der Waals surface area contributed by atoms with Crippen LogP contribution in [0.5, 0.6) is 11.5 Å². The summed E-state index contributed by atoms with van der Waals surface area (Å²) in [6.45, 7) is -0.0717. The van der Waals surface area contributed by atoms with Gasteiger partial charge in [0.15, 0.2) is 0 Å². The lowest BCUT2D eigenvalue weighted by Gasteiger charge is -2.31. The number of benzene rings is 4. The lowest BCUT2D eigenvalue weighted by atomic mass is 10.0. The molecule has 0 saturated carbocycles. The number of hydrogen-bond acceptors (Lipinski definition) is 6. The maximum atomic E-state index is 14.0. The maximum absolute atomic E-state index is 14.0. The summed E-state index contributed by atoms with van der Waals surface area (Å²) in [7, 11) is 3.13. The molecule has 1 unspecified atom stereocenters. The number of nitrogens with one attached hydrogen (secondary N) is 1. The molecule has 5 rings (SSSR count). The third-order valence-electron chi connectivity index (χ3n) is 6.64. The van der Waals surface area contributed by atoms with E-state index in [1.807, 2.05) is 36.4 Å². The standard InChI is InChI=1S/C31H28FN5O4/c1-40-25-15-7-21(8-16-25)19-36(29(38)20-37-28-6-4-3-5-27(28)34-35-37)30(22-9-11-23(32)12-10-22)31(39)33-24-13-17-26(41-2)18-14-24/h3-18,30H,19-20H2,1-2H3,(H,33,39). The van der Waals surface area contributed by atoms with Crippen LogP contribution >= 0.6 is 0 Å². The van der Waals surface area contributed by atoms with Gasteiger partial charge >= 0.3 is 0 Å². The predicted octanol–water partition coefficient (Wildman–Crippen LogP) is 5.00. The Balaban J connectivity index is 1.53. The molecule has 41 heavy (non-hydrogen) atoms. The van der Waals surface area contributed by atoms with Crippen LogP contribution in [-0.2, 0) is 22.7 Å². The summed E-state index contributed by atoms with van der Waals surface area (Å²) >= 11 is 0. The van der Waals surface area contributed by atoms with Gasteiger partial charge in [-0.25, -0.2) is 9.07 Å². The van der Waals surface area contributed by atoms with Crippen molar-refractivity contribution in [2.24, 2.45) is 0 Å². The topological polar surface area (TPSA) is 98.6 Å². The first-order valence-corrected chi connectivity index (χ1v) is 12.9. The fourth-order valence-corrected chi connectivity index (χ4v) is 4.51. The SMILES string of the molecule is COc1ccc(CN(C(=O)Cn2nnc3ccccc32)C(C(=O)Nc2ccc(OC)cc2)c2ccc(F)cc2)cc1. The van der Waals surface area contributed by atoms with Gasteiger partial charge in [-0.1, -0.05) is 41.6 Å². The normalized spacial score (nSPS) is 11.6. The lowest BCUT2D eigenvalue weighted by molar-refractivity contribution is -0.140. The molecule has 1 atom stereocenters. The smallest absolute Gasteiger partial charge is 0.251 e. The average Bonchev–Trinajstić information content (AvgIpc) is 3.41. The minimum Gasteiger partial charge on any atom is -0.497 e. The minimum absolute atomic E-state index is 0.0908. The van der Waals surface area contributed by atoms with Crippen LogP contribution in [-0.4, -0.2) is 45.9 Å². The van der Waals surface area contributed by atoms with Gasteiger partial charge in [0, 0.05) is 12.2 Å². The van der Waals surface area contributed by atoms with Crippen LogP contribution in [0.15, 0.2) is 97.1 Å². The van der Waals surface area contributed by atoms with Crippen molar-refractivity contribution in [1.29, 1.82) is 0 Å². The highest BCUT2D eigenvalue weighted by Crippen LogP contribution is 2.28. The summed E-state index contributed by atoms with van der Waals surface area (Å²) in [5.74, 6) is -0.00422. The molecule has 4 aromatic carbocycles. The first kappa shape index (κ1) is 27.3. The van der Waals surface area contributed by atoms with E-state index in [0.29, 0.717) is 33.8 Å². The molecule has 1 N–H and O–H groups in total. The van der Waals surface area contributed by atoms with E-state index in [4.69, 9.17) is 9.47 Å². The molecule has 0 radical (unpaired) electrons. The highest BCUT2D eigenvalue weighted by Gasteiger charge is 2.32. The van der Waals surface area contributed by atoms with Crippen molar-refractivity contribution in [2.45, 2.75) is 19.1 Å². The van der Waals surface area contributed by atoms with Crippen LogP contribution in [0.4, 0.5) is 10.1 Å². The summed E-state index contributed by atoms with van der Waals surface area (Å²) in [6.07, 6.45) is 0. The molecule has 0 fully saturated rings. The summed E-state index contributed by atoms with van der Waals surface area (Å²) in [4.78, 5) is 29.4. The number of halogens is 1. The number of rotatable bonds is 10. The quantitative estimate of drug-likeness (QED) is 0.262. The fraction of sp³-hybridized carbons (Fsp3) is 0.161. The van der Waals surface area contributed by atoms with E-state index in [-0.39, 0.29) is 19.0 Å². The zero-order valence-corrected chi connectivity index (χ0v) is 22.5. The van der Waals surface area contributed by atoms with Gasteiger partial charge in [-0.3, -0.25) is 9.59 Å². The van der Waals surface area contributed by atoms with E-state index < -0.39 is 17.8 Å². The van der Waals surface area contributed by atoms with Crippen molar-refractivity contribution in [1.82, 2.24) is 19.9 Å². The summed E-state index contributed by atoms with van der Waals surface area (Å²) in [5, 5.41) is 11.2. The molecule has 5 aromatic rings. The van der Waals surface area contributed by atoms with Crippen molar-refractivity contribution < 1.29 is 23.5 Å². The molecule has 9 nitrogen and oxygen atoms in total. The number of hydrogen-bond donors (Lipinski definition) is 1. The number of fused-ring (bicyclic) bond motifs is 1. The zero-order chi connectivity index (χ0) is 28.8. The van der Waals surface area contributed by atoms with Gasteiger partial charge in [0.1, 0.15) is 35.4 Å². The molecule has 0 bridgehead atoms. The number of ether oxygens (including phenoxy) is 2. The largest absolute Gasteiger partial charge is 0.497 e. The summed E-state index contributed by atoms with van der Waals surface area (Å²) < 4.78 is 25.9. The minimum atomic E-state index is -1.10. The molecule has 2 amide bonds. The van der Waals surface area contributed by atoms with Crippen molar-refractivity contribution in [3.05, 3.63) is 114 Å². The van der Waals surface area contributed by atoms with Gasteiger partial charge in [-0.05, 0) is 71.8 Å². The average molecular weight is 554 g/mol. The molecule has 0 spiro atoms. The number of amides is 2. The van der Waals surface area contributed by atoms with E-state index in [1.54, 1.807) is 50.6 Å². The fourth-order valence-electron chi connectivity index (χ4n) is 4.51. The van der Waals surface area contributed by atoms with Crippen LogP contribution in [0.3, 0.4) is 0 Å². The zero-order valence-electron chi connectivity index (χ0n) is 22.5. The van der Waals surface area contributed by atoms with Gasteiger partial charge in [0.05, 0.1) is 19.7 Å². The van der Waals surface area contributed by atoms with E-state index in [2.05, 4.69) is 15.6 Å². The molecule has 10 heteroatoms. The third-order valence-corrected chi connectivity index (χ3v) is 6.64. The number of methoxy groups -OCH3 is 2. The highest BCUT2D eigenvalue weighted by molar-refractivity contribution is 5.98. The molecular formula is C31H28FN5O4. The Hall–Kier alpha value is -5.25. The maximum Gasteiger partial charge on any atom is 0.251 e. The number of anilines is 1. The van der Waals surface area contributed by atoms with Gasteiger partial charge in [-0.2, -0.15) is 0 Å². The predicted molar refractivity (Wildman–Crippen MR) is 152 cm³/mol. The van der Waals surface area contributed by atoms with Crippen LogP contribution in [0.2, 0.25) is 0 Å². The van der Waals surface area contributed by atoms with Crippen molar-refractivity contribution >= 4 is 28.5 Å².